The molecule has 0 radical (unpaired) electrons. The molecule has 0 N–H and O–H groups in total. The highest BCUT2D eigenvalue weighted by molar-refractivity contribution is 8.01. The van der Waals surface area contributed by atoms with Gasteiger partial charge in [0.05, 0.1) is 44.7 Å². The van der Waals surface area contributed by atoms with Gasteiger partial charge in [0.1, 0.15) is 12.1 Å². The molecule has 11 aromatic rings. The predicted octanol–water partition coefficient (Wildman–Crippen LogP) is 13.7. The summed E-state index contributed by atoms with van der Waals surface area (Å²) in [4.78, 5) is 1.32. The summed E-state index contributed by atoms with van der Waals surface area (Å²) in [5.41, 5.74) is 10.5. The second kappa shape index (κ2) is 11.7. The van der Waals surface area contributed by atoms with Crippen LogP contribution >= 0.6 is 23.1 Å². The first-order valence-corrected chi connectivity index (χ1v) is 21.2. The quantitative estimate of drug-likeness (QED) is 0.176. The Hall–Kier alpha value is -7.09. The first-order valence-electron chi connectivity index (χ1n) is 19.5. The number of nitrogens with zero attached hydrogens (tertiary/aromatic N) is 4. The van der Waals surface area contributed by atoms with E-state index in [0.29, 0.717) is 22.1 Å². The van der Waals surface area contributed by atoms with Crippen LogP contribution in [0.15, 0.2) is 150 Å². The lowest BCUT2D eigenvalue weighted by Gasteiger charge is -2.21. The van der Waals surface area contributed by atoms with Crippen molar-refractivity contribution in [1.82, 2.24) is 9.13 Å². The zero-order valence-corrected chi connectivity index (χ0v) is 32.5. The standard InChI is InChI=1S/C52H28N4S2/c53-27-31-22-44(56-42-16-8-6-14-36(42)38-26-50-40(24-46(38)56)52-34-12-4-2-10-30(34)18-20-48(52)58-50)32(28-54)21-43(31)55-41-15-7-5-13-35(41)37-25-49-39(23-45(37)55)51-33-11-3-1-9-29(33)17-19-47(51)57-49/h1-25,50H,26H2. The Balaban J connectivity index is 1.08. The van der Waals surface area contributed by atoms with Crippen LogP contribution in [0.25, 0.3) is 97.4 Å². The van der Waals surface area contributed by atoms with Crippen LogP contribution in [-0.2, 0) is 6.42 Å². The third-order valence-electron chi connectivity index (χ3n) is 12.5. The molecule has 0 bridgehead atoms. The van der Waals surface area contributed by atoms with E-state index in [-0.39, 0.29) is 0 Å². The van der Waals surface area contributed by atoms with Gasteiger partial charge in [-0.05, 0) is 93.7 Å². The molecule has 2 aliphatic rings. The minimum atomic E-state index is 0.306. The van der Waals surface area contributed by atoms with E-state index < -0.39 is 0 Å². The Morgan fingerprint density at radius 2 is 1.17 bits per heavy atom. The van der Waals surface area contributed by atoms with E-state index in [4.69, 9.17) is 0 Å². The summed E-state index contributed by atoms with van der Waals surface area (Å²) in [6, 6.07) is 56.8. The van der Waals surface area contributed by atoms with E-state index in [2.05, 4.69) is 161 Å². The highest BCUT2D eigenvalue weighted by atomic mass is 32.2. The molecule has 3 aromatic heterocycles. The number of para-hydroxylation sites is 2. The van der Waals surface area contributed by atoms with Crippen LogP contribution in [-0.4, -0.2) is 14.4 Å². The first-order chi connectivity index (χ1) is 28.7. The Morgan fingerprint density at radius 1 is 0.534 bits per heavy atom. The molecule has 1 unspecified atom stereocenters. The lowest BCUT2D eigenvalue weighted by molar-refractivity contribution is 0.998. The highest BCUT2D eigenvalue weighted by Gasteiger charge is 2.35. The lowest BCUT2D eigenvalue weighted by atomic mass is 9.88. The number of hydrogen-bond acceptors (Lipinski definition) is 4. The summed E-state index contributed by atoms with van der Waals surface area (Å²) in [6.45, 7) is 0. The van der Waals surface area contributed by atoms with E-state index in [1.807, 2.05) is 35.2 Å². The van der Waals surface area contributed by atoms with Crippen LogP contribution in [0.1, 0.15) is 27.9 Å². The Labute approximate surface area is 340 Å². The minimum absolute atomic E-state index is 0.306. The molecule has 0 saturated heterocycles. The molecule has 1 aliphatic carbocycles. The van der Waals surface area contributed by atoms with Crippen molar-refractivity contribution in [2.75, 3.05) is 0 Å². The number of benzene rings is 8. The van der Waals surface area contributed by atoms with Gasteiger partial charge in [-0.2, -0.15) is 10.5 Å². The zero-order chi connectivity index (χ0) is 38.2. The number of rotatable bonds is 2. The van der Waals surface area contributed by atoms with Crippen molar-refractivity contribution in [3.63, 3.8) is 0 Å². The van der Waals surface area contributed by atoms with Gasteiger partial charge in [0.15, 0.2) is 0 Å². The SMILES string of the molecule is N#Cc1cc(-n2c3ccccc3c3cc4sc5ccc6ccccc6c5c4cc32)c(C#N)cc1-n1c2c(c3ccccc31)CC1Sc3ccc4ccccc4c3C1=C2. The van der Waals surface area contributed by atoms with Crippen molar-refractivity contribution in [2.45, 2.75) is 16.6 Å². The van der Waals surface area contributed by atoms with Crippen LogP contribution in [0.5, 0.6) is 0 Å². The van der Waals surface area contributed by atoms with Crippen molar-refractivity contribution in [1.29, 1.82) is 10.5 Å². The second-order valence-corrected chi connectivity index (χ2v) is 17.7. The Morgan fingerprint density at radius 3 is 1.95 bits per heavy atom. The maximum atomic E-state index is 11.1. The topological polar surface area (TPSA) is 57.4 Å². The highest BCUT2D eigenvalue weighted by Crippen LogP contribution is 2.53. The molecule has 0 spiro atoms. The van der Waals surface area contributed by atoms with Crippen LogP contribution < -0.4 is 0 Å². The van der Waals surface area contributed by atoms with E-state index in [1.165, 1.54) is 68.7 Å². The zero-order valence-electron chi connectivity index (χ0n) is 30.8. The van der Waals surface area contributed by atoms with E-state index in [9.17, 15) is 10.5 Å². The predicted molar refractivity (Wildman–Crippen MR) is 243 cm³/mol. The van der Waals surface area contributed by atoms with E-state index >= 15 is 0 Å². The summed E-state index contributed by atoms with van der Waals surface area (Å²) >= 11 is 3.78. The molecular formula is C52H28N4S2. The fourth-order valence-electron chi connectivity index (χ4n) is 10.0. The van der Waals surface area contributed by atoms with Gasteiger partial charge in [0, 0.05) is 52.0 Å². The average Bonchev–Trinajstić information content (AvgIpc) is 4.01. The summed E-state index contributed by atoms with van der Waals surface area (Å²) in [5.74, 6) is 0. The van der Waals surface area contributed by atoms with Crippen LogP contribution in [0.2, 0.25) is 0 Å². The van der Waals surface area contributed by atoms with Gasteiger partial charge in [0.25, 0.3) is 0 Å². The number of fused-ring (bicyclic) bond motifs is 16. The molecule has 1 atom stereocenters. The largest absolute Gasteiger partial charge is 0.308 e. The van der Waals surface area contributed by atoms with Crippen molar-refractivity contribution < 1.29 is 0 Å². The molecule has 58 heavy (non-hydrogen) atoms. The summed E-state index contributed by atoms with van der Waals surface area (Å²) in [5, 5.41) is 33.3. The third-order valence-corrected chi connectivity index (χ3v) is 14.9. The van der Waals surface area contributed by atoms with Gasteiger partial charge < -0.3 is 9.13 Å². The van der Waals surface area contributed by atoms with Crippen molar-refractivity contribution in [3.8, 4) is 23.5 Å². The smallest absolute Gasteiger partial charge is 0.101 e. The number of aromatic nitrogens is 2. The summed E-state index contributed by atoms with van der Waals surface area (Å²) in [6.07, 6.45) is 3.25. The molecule has 6 heteroatoms. The Kier molecular flexibility index (Phi) is 6.48. The van der Waals surface area contributed by atoms with Crippen LogP contribution in [0.3, 0.4) is 0 Å². The van der Waals surface area contributed by atoms with Crippen LogP contribution in [0.4, 0.5) is 0 Å². The van der Waals surface area contributed by atoms with Gasteiger partial charge in [-0.25, -0.2) is 0 Å². The minimum Gasteiger partial charge on any atom is -0.308 e. The van der Waals surface area contributed by atoms with E-state index in [1.54, 1.807) is 0 Å². The second-order valence-electron chi connectivity index (χ2n) is 15.4. The van der Waals surface area contributed by atoms with Gasteiger partial charge in [-0.1, -0.05) is 97.1 Å². The Bertz CT molecular complexity index is 3790. The maximum Gasteiger partial charge on any atom is 0.101 e. The van der Waals surface area contributed by atoms with Gasteiger partial charge in [0.2, 0.25) is 0 Å². The molecule has 268 valence electrons. The number of nitriles is 2. The molecule has 0 amide bonds. The summed E-state index contributed by atoms with van der Waals surface area (Å²) in [7, 11) is 0. The molecule has 0 fully saturated rings. The third kappa shape index (κ3) is 4.23. The number of thioether (sulfide) groups is 1. The van der Waals surface area contributed by atoms with Crippen molar-refractivity contribution >= 4 is 109 Å². The number of thiophene rings is 1. The first kappa shape index (κ1) is 32.0. The van der Waals surface area contributed by atoms with Crippen molar-refractivity contribution in [3.05, 3.63) is 174 Å². The molecule has 4 heterocycles. The molecule has 4 nitrogen and oxygen atoms in total. The molecule has 8 aromatic carbocycles. The average molecular weight is 773 g/mol. The van der Waals surface area contributed by atoms with Crippen molar-refractivity contribution in [2.24, 2.45) is 0 Å². The van der Waals surface area contributed by atoms with Gasteiger partial charge in [-0.3, -0.25) is 0 Å². The molecule has 0 saturated carbocycles. The summed E-state index contributed by atoms with van der Waals surface area (Å²) < 4.78 is 6.92. The molecule has 13 rings (SSSR count). The van der Waals surface area contributed by atoms with E-state index in [0.717, 1.165) is 45.1 Å². The fourth-order valence-corrected chi connectivity index (χ4v) is 12.5. The van der Waals surface area contributed by atoms with Gasteiger partial charge >= 0.3 is 0 Å². The van der Waals surface area contributed by atoms with Gasteiger partial charge in [-0.15, -0.1) is 23.1 Å². The lowest BCUT2D eigenvalue weighted by Crippen LogP contribution is -2.12. The molecule has 1 aliphatic heterocycles. The van der Waals surface area contributed by atoms with Crippen LogP contribution in [0, 0.1) is 22.7 Å². The monoisotopic (exact) mass is 772 g/mol. The number of hydrogen-bond donors (Lipinski definition) is 0. The maximum absolute atomic E-state index is 11.1. The fraction of sp³-hybridized carbons (Fsp3) is 0.0385. The normalized spacial score (nSPS) is 14.7. The molecular weight excluding hydrogens is 745 g/mol.